The summed E-state index contributed by atoms with van der Waals surface area (Å²) in [6, 6.07) is 2.95. The summed E-state index contributed by atoms with van der Waals surface area (Å²) in [5, 5.41) is 6.05. The number of carbonyl (C=O) groups is 1. The second kappa shape index (κ2) is 6.79. The normalized spacial score (nSPS) is 13.0. The van der Waals surface area contributed by atoms with Crippen LogP contribution in [0.3, 0.4) is 0 Å². The molecule has 1 rings (SSSR count). The van der Waals surface area contributed by atoms with Gasteiger partial charge in [0.25, 0.3) is 0 Å². The lowest BCUT2D eigenvalue weighted by atomic mass is 10.3. The zero-order chi connectivity index (χ0) is 14.8. The fourth-order valence-corrected chi connectivity index (χ4v) is 2.48. The Bertz CT molecular complexity index is 464. The summed E-state index contributed by atoms with van der Waals surface area (Å²) in [6.45, 7) is 1.29. The van der Waals surface area contributed by atoms with E-state index in [9.17, 15) is 4.79 Å². The van der Waals surface area contributed by atoms with E-state index in [4.69, 9.17) is 69.6 Å². The maximum atomic E-state index is 11.1. The Morgan fingerprint density at radius 3 is 2.00 bits per heavy atom. The van der Waals surface area contributed by atoms with Crippen molar-refractivity contribution in [3.05, 3.63) is 27.2 Å². The molecule has 1 atom stereocenters. The summed E-state index contributed by atoms with van der Waals surface area (Å²) in [4.78, 5) is 11.1. The number of alkyl halides is 3. The second-order valence-corrected chi connectivity index (χ2v) is 7.18. The van der Waals surface area contributed by atoms with Gasteiger partial charge < -0.3 is 10.6 Å². The third-order valence-electron chi connectivity index (χ3n) is 1.97. The Hall–Kier alpha value is 0.230. The lowest BCUT2D eigenvalue weighted by molar-refractivity contribution is -0.119. The SMILES string of the molecule is CC(=O)N[C@H](Nc1c(Cl)cc(Cl)cc1Cl)C(Cl)(Cl)Cl. The second-order valence-electron chi connectivity index (χ2n) is 3.56. The lowest BCUT2D eigenvalue weighted by Crippen LogP contribution is -2.48. The molecule has 0 aliphatic heterocycles. The van der Waals surface area contributed by atoms with Crippen LogP contribution in [0.4, 0.5) is 5.69 Å². The smallest absolute Gasteiger partial charge is 0.228 e. The summed E-state index contributed by atoms with van der Waals surface area (Å²) in [7, 11) is 0. The molecule has 19 heavy (non-hydrogen) atoms. The number of nitrogens with one attached hydrogen (secondary N) is 2. The number of halogens is 6. The van der Waals surface area contributed by atoms with Crippen LogP contribution in [0.1, 0.15) is 6.92 Å². The van der Waals surface area contributed by atoms with Crippen molar-refractivity contribution in [2.24, 2.45) is 0 Å². The average Bonchev–Trinajstić information content (AvgIpc) is 2.19. The lowest BCUT2D eigenvalue weighted by Gasteiger charge is -2.27. The van der Waals surface area contributed by atoms with Gasteiger partial charge in [-0.25, -0.2) is 0 Å². The van der Waals surface area contributed by atoms with E-state index < -0.39 is 9.96 Å². The predicted molar refractivity (Wildman–Crippen MR) is 83.0 cm³/mol. The minimum atomic E-state index is -1.79. The highest BCUT2D eigenvalue weighted by Crippen LogP contribution is 2.37. The number of rotatable bonds is 3. The van der Waals surface area contributed by atoms with Crippen molar-refractivity contribution in [1.29, 1.82) is 0 Å². The highest BCUT2D eigenvalue weighted by atomic mass is 35.6. The van der Waals surface area contributed by atoms with Crippen LogP contribution in [-0.4, -0.2) is 15.9 Å². The van der Waals surface area contributed by atoms with Crippen LogP contribution < -0.4 is 10.6 Å². The molecular weight excluding hydrogens is 377 g/mol. The standard InChI is InChI=1S/C10H8Cl6N2O/c1-4(19)17-9(10(14,15)16)18-8-6(12)2-5(11)3-7(8)13/h2-3,9,18H,1H3,(H,17,19)/t9-/m1/s1. The van der Waals surface area contributed by atoms with Crippen LogP contribution in [0.25, 0.3) is 0 Å². The summed E-state index contributed by atoms with van der Waals surface area (Å²) in [5.74, 6) is -0.384. The molecule has 1 aromatic rings. The molecule has 0 heterocycles. The molecule has 0 saturated carbocycles. The molecule has 0 saturated heterocycles. The Morgan fingerprint density at radius 2 is 1.63 bits per heavy atom. The quantitative estimate of drug-likeness (QED) is 0.575. The third-order valence-corrected chi connectivity index (χ3v) is 3.44. The molecule has 9 heteroatoms. The molecular formula is C10H8Cl6N2O. The summed E-state index contributed by atoms with van der Waals surface area (Å²) in [6.07, 6.45) is -1.01. The number of benzene rings is 1. The van der Waals surface area contributed by atoms with Crippen molar-refractivity contribution in [1.82, 2.24) is 5.32 Å². The average molecular weight is 385 g/mol. The fourth-order valence-electron chi connectivity index (χ4n) is 1.23. The highest BCUT2D eigenvalue weighted by Gasteiger charge is 2.34. The maximum Gasteiger partial charge on any atom is 0.228 e. The predicted octanol–water partition coefficient (Wildman–Crippen LogP) is 4.89. The van der Waals surface area contributed by atoms with E-state index in [2.05, 4.69) is 10.6 Å². The fraction of sp³-hybridized carbons (Fsp3) is 0.300. The Balaban J connectivity index is 3.06. The van der Waals surface area contributed by atoms with Crippen LogP contribution in [0.5, 0.6) is 0 Å². The van der Waals surface area contributed by atoms with Gasteiger partial charge in [0.05, 0.1) is 15.7 Å². The van der Waals surface area contributed by atoms with Crippen LogP contribution in [0.2, 0.25) is 15.1 Å². The minimum absolute atomic E-state index is 0.238. The molecule has 106 valence electrons. The van der Waals surface area contributed by atoms with Crippen LogP contribution in [0.15, 0.2) is 12.1 Å². The summed E-state index contributed by atoms with van der Waals surface area (Å²) in [5.41, 5.74) is 0.304. The van der Waals surface area contributed by atoms with Gasteiger partial charge >= 0.3 is 0 Å². The van der Waals surface area contributed by atoms with Crippen molar-refractivity contribution in [2.45, 2.75) is 16.9 Å². The number of anilines is 1. The van der Waals surface area contributed by atoms with E-state index in [1.165, 1.54) is 19.1 Å². The largest absolute Gasteiger partial charge is 0.359 e. The highest BCUT2D eigenvalue weighted by molar-refractivity contribution is 6.68. The van der Waals surface area contributed by atoms with E-state index in [0.29, 0.717) is 10.7 Å². The van der Waals surface area contributed by atoms with Crippen molar-refractivity contribution in [2.75, 3.05) is 5.32 Å². The van der Waals surface area contributed by atoms with Gasteiger partial charge in [0.15, 0.2) is 0 Å². The van der Waals surface area contributed by atoms with Gasteiger partial charge in [-0.1, -0.05) is 69.6 Å². The first kappa shape index (κ1) is 17.3. The van der Waals surface area contributed by atoms with Gasteiger partial charge in [-0.15, -0.1) is 0 Å². The van der Waals surface area contributed by atoms with Crippen LogP contribution in [-0.2, 0) is 4.79 Å². The number of carbonyl (C=O) groups excluding carboxylic acids is 1. The van der Waals surface area contributed by atoms with Gasteiger partial charge in [0, 0.05) is 11.9 Å². The Labute approximate surface area is 140 Å². The van der Waals surface area contributed by atoms with E-state index in [-0.39, 0.29) is 16.0 Å². The molecule has 0 aliphatic rings. The summed E-state index contributed by atoms with van der Waals surface area (Å²) < 4.78 is -1.79. The number of hydrogen-bond acceptors (Lipinski definition) is 2. The number of amides is 1. The van der Waals surface area contributed by atoms with Crippen molar-refractivity contribution >= 4 is 81.2 Å². The molecule has 0 unspecified atom stereocenters. The zero-order valence-corrected chi connectivity index (χ0v) is 13.9. The van der Waals surface area contributed by atoms with Gasteiger partial charge in [-0.2, -0.15) is 0 Å². The molecule has 0 radical (unpaired) electrons. The number of hydrogen-bond donors (Lipinski definition) is 2. The van der Waals surface area contributed by atoms with Gasteiger partial charge in [-0.3, -0.25) is 4.79 Å². The first-order valence-corrected chi connectivity index (χ1v) is 7.13. The minimum Gasteiger partial charge on any atom is -0.359 e. The van der Waals surface area contributed by atoms with Crippen LogP contribution in [0, 0.1) is 0 Å². The van der Waals surface area contributed by atoms with Gasteiger partial charge in [0.1, 0.15) is 6.17 Å². The zero-order valence-electron chi connectivity index (χ0n) is 9.41. The topological polar surface area (TPSA) is 41.1 Å². The van der Waals surface area contributed by atoms with Crippen molar-refractivity contribution in [3.8, 4) is 0 Å². The molecule has 0 bridgehead atoms. The van der Waals surface area contributed by atoms with Crippen molar-refractivity contribution < 1.29 is 4.79 Å². The molecule has 2 N–H and O–H groups in total. The Kier molecular flexibility index (Phi) is 6.18. The molecule has 0 aromatic heterocycles. The van der Waals surface area contributed by atoms with Gasteiger partial charge in [-0.05, 0) is 12.1 Å². The molecule has 0 spiro atoms. The summed E-state index contributed by atoms with van der Waals surface area (Å²) >= 11 is 35.1. The maximum absolute atomic E-state index is 11.1. The third kappa shape index (κ3) is 5.25. The first-order chi connectivity index (χ1) is 8.61. The molecule has 3 nitrogen and oxygen atoms in total. The Morgan fingerprint density at radius 1 is 1.16 bits per heavy atom. The van der Waals surface area contributed by atoms with Crippen molar-refractivity contribution in [3.63, 3.8) is 0 Å². The monoisotopic (exact) mass is 382 g/mol. The molecule has 0 fully saturated rings. The molecule has 0 aliphatic carbocycles. The van der Waals surface area contributed by atoms with E-state index in [1.807, 2.05) is 0 Å². The van der Waals surface area contributed by atoms with Gasteiger partial charge in [0.2, 0.25) is 9.70 Å². The molecule has 1 aromatic carbocycles. The van der Waals surface area contributed by atoms with Crippen LogP contribution >= 0.6 is 69.6 Å². The molecule has 1 amide bonds. The van der Waals surface area contributed by atoms with E-state index in [1.54, 1.807) is 0 Å². The van der Waals surface area contributed by atoms with E-state index in [0.717, 1.165) is 0 Å². The van der Waals surface area contributed by atoms with E-state index >= 15 is 0 Å². The first-order valence-electron chi connectivity index (χ1n) is 4.86.